The van der Waals surface area contributed by atoms with Gasteiger partial charge in [0.15, 0.2) is 0 Å². The maximum absolute atomic E-state index is 14.4. The van der Waals surface area contributed by atoms with Crippen LogP contribution in [0.3, 0.4) is 0 Å². The molecule has 4 N–H and O–H groups in total. The van der Waals surface area contributed by atoms with Crippen LogP contribution >= 0.6 is 11.6 Å². The van der Waals surface area contributed by atoms with E-state index in [0.717, 1.165) is 24.1 Å². The number of carbonyl (C=O) groups is 1. The highest BCUT2D eigenvalue weighted by molar-refractivity contribution is 6.35. The van der Waals surface area contributed by atoms with Gasteiger partial charge in [-0.05, 0) is 50.3 Å². The van der Waals surface area contributed by atoms with Crippen LogP contribution < -0.4 is 10.5 Å². The summed E-state index contributed by atoms with van der Waals surface area (Å²) in [6, 6.07) is 4.64. The lowest BCUT2D eigenvalue weighted by Crippen LogP contribution is -2.63. The molecule has 0 bridgehead atoms. The number of hydrogen-bond donors (Lipinski definition) is 3. The molecule has 0 radical (unpaired) electrons. The van der Waals surface area contributed by atoms with Crippen molar-refractivity contribution in [3.8, 4) is 29.0 Å². The van der Waals surface area contributed by atoms with Gasteiger partial charge in [0.25, 0.3) is 0 Å². The van der Waals surface area contributed by atoms with Crippen LogP contribution in [0.25, 0.3) is 11.3 Å². The van der Waals surface area contributed by atoms with Gasteiger partial charge < -0.3 is 20.3 Å². The number of nitrogens with one attached hydrogen (secondary N) is 2. The molecule has 0 spiro atoms. The topological polar surface area (TPSA) is 126 Å². The second-order valence-electron chi connectivity index (χ2n) is 11.5. The van der Waals surface area contributed by atoms with Crippen LogP contribution in [0.2, 0.25) is 5.02 Å². The van der Waals surface area contributed by atoms with E-state index in [1.54, 1.807) is 30.0 Å². The van der Waals surface area contributed by atoms with E-state index >= 15 is 0 Å². The fourth-order valence-corrected chi connectivity index (χ4v) is 6.20. The van der Waals surface area contributed by atoms with Crippen LogP contribution in [0.4, 0.5) is 23.8 Å². The smallest absolute Gasteiger partial charge is 0.418 e. The third-order valence-corrected chi connectivity index (χ3v) is 8.55. The number of rotatable bonds is 3. The minimum Gasteiger partial charge on any atom is -0.490 e. The molecule has 5 rings (SSSR count). The predicted octanol–water partition coefficient (Wildman–Crippen LogP) is 4.87. The molecule has 44 heavy (non-hydrogen) atoms. The summed E-state index contributed by atoms with van der Waals surface area (Å²) in [6.45, 7) is 4.48. The molecule has 2 aromatic rings. The molecule has 234 valence electrons. The van der Waals surface area contributed by atoms with Gasteiger partial charge in [-0.3, -0.25) is 15.7 Å². The number of halogens is 4. The number of pyridine rings is 1. The van der Waals surface area contributed by atoms with Crippen molar-refractivity contribution in [3.05, 3.63) is 39.4 Å². The summed E-state index contributed by atoms with van der Waals surface area (Å²) >= 11 is 6.93. The molecule has 3 heterocycles. The van der Waals surface area contributed by atoms with Gasteiger partial charge in [0.05, 0.1) is 28.7 Å². The fourth-order valence-electron chi connectivity index (χ4n) is 5.83. The molecule has 1 saturated carbocycles. The molecule has 1 aromatic heterocycles. The van der Waals surface area contributed by atoms with Crippen LogP contribution in [0.1, 0.15) is 42.0 Å². The monoisotopic (exact) mass is 630 g/mol. The Kier molecular flexibility index (Phi) is 8.43. The number of ether oxygens (including phenoxy) is 1. The second kappa shape index (κ2) is 11.8. The average molecular weight is 631 g/mol. The lowest BCUT2D eigenvalue weighted by Gasteiger charge is -2.45. The third-order valence-electron chi connectivity index (χ3n) is 8.19. The van der Waals surface area contributed by atoms with Crippen molar-refractivity contribution in [2.24, 2.45) is 5.92 Å². The Bertz CT molecular complexity index is 1580. The molecule has 1 saturated heterocycles. The SMILES string of the molecule is Cc1cc(N)nc(-c2c(C#CN(C)C)cc3c(c2Cl)OCC2C(C)N(C(=O)N(C=N)C(=N)C4CC4)CCN2C3)c1C(F)(F)F. The fraction of sp³-hybridized carbons (Fsp3) is 0.467. The number of benzene rings is 1. The Hall–Kier alpha value is -4.02. The number of nitrogens with two attached hydrogens (primary N) is 1. The molecule has 2 unspecified atom stereocenters. The zero-order valence-corrected chi connectivity index (χ0v) is 25.6. The van der Waals surface area contributed by atoms with Gasteiger partial charge in [-0.1, -0.05) is 11.6 Å². The van der Waals surface area contributed by atoms with Crippen molar-refractivity contribution >= 4 is 35.6 Å². The van der Waals surface area contributed by atoms with E-state index in [1.807, 2.05) is 6.92 Å². The number of nitrogen functional groups attached to an aromatic ring is 1. The number of aromatic nitrogens is 1. The van der Waals surface area contributed by atoms with Crippen molar-refractivity contribution < 1.29 is 22.7 Å². The van der Waals surface area contributed by atoms with Gasteiger partial charge in [0.2, 0.25) is 0 Å². The Morgan fingerprint density at radius 3 is 2.59 bits per heavy atom. The van der Waals surface area contributed by atoms with Gasteiger partial charge >= 0.3 is 12.2 Å². The first kappa shape index (κ1) is 31.4. The standard InChI is InChI=1S/C30H34ClF3N8O2/c1-16-11-22(36)38-26(24(16)30(32,33)34)23-19(7-8-39(3)4)12-20-13-40-9-10-41(17(2)21(40)14-44-27(20)25(23)31)29(43)42(15-35)28(37)18-5-6-18/h11-12,15,17-18,21,35,37H,5-6,9-10,13-14H2,1-4H3,(H2,36,38). The Labute approximate surface area is 258 Å². The largest absolute Gasteiger partial charge is 0.490 e. The van der Waals surface area contributed by atoms with Crippen molar-refractivity contribution in [1.82, 2.24) is 24.6 Å². The second-order valence-corrected chi connectivity index (χ2v) is 11.9. The molecule has 14 heteroatoms. The van der Waals surface area contributed by atoms with E-state index in [-0.39, 0.29) is 63.7 Å². The van der Waals surface area contributed by atoms with E-state index in [0.29, 0.717) is 25.2 Å². The van der Waals surface area contributed by atoms with E-state index in [4.69, 9.17) is 32.9 Å². The molecule has 1 aliphatic carbocycles. The van der Waals surface area contributed by atoms with Crippen LogP contribution in [0, 0.1) is 35.6 Å². The molecular formula is C30H34ClF3N8O2. The quantitative estimate of drug-likeness (QED) is 0.192. The van der Waals surface area contributed by atoms with Crippen molar-refractivity contribution in [2.75, 3.05) is 39.5 Å². The molecule has 10 nitrogen and oxygen atoms in total. The highest BCUT2D eigenvalue weighted by atomic mass is 35.5. The van der Waals surface area contributed by atoms with E-state index in [2.05, 4.69) is 21.8 Å². The van der Waals surface area contributed by atoms with E-state index in [9.17, 15) is 18.0 Å². The third kappa shape index (κ3) is 5.88. The normalized spacial score (nSPS) is 19.9. The molecule has 2 aliphatic heterocycles. The number of amidine groups is 1. The number of piperazine rings is 1. The number of aryl methyl sites for hydroxylation is 1. The Morgan fingerprint density at radius 2 is 1.98 bits per heavy atom. The van der Waals surface area contributed by atoms with Crippen LogP contribution in [-0.4, -0.2) is 88.7 Å². The number of amides is 2. The Balaban J connectivity index is 1.55. The highest BCUT2D eigenvalue weighted by Crippen LogP contribution is 2.47. The highest BCUT2D eigenvalue weighted by Gasteiger charge is 2.43. The Morgan fingerprint density at radius 1 is 1.27 bits per heavy atom. The van der Waals surface area contributed by atoms with Gasteiger partial charge in [0.1, 0.15) is 24.0 Å². The zero-order valence-electron chi connectivity index (χ0n) is 24.8. The summed E-state index contributed by atoms with van der Waals surface area (Å²) in [6.07, 6.45) is -2.20. The number of carbonyl (C=O) groups excluding carboxylic acids is 1. The summed E-state index contributed by atoms with van der Waals surface area (Å²) < 4.78 is 49.3. The zero-order chi connectivity index (χ0) is 32.1. The number of alkyl halides is 3. The molecular weight excluding hydrogens is 597 g/mol. The first-order valence-electron chi connectivity index (χ1n) is 14.2. The lowest BCUT2D eigenvalue weighted by atomic mass is 9.94. The summed E-state index contributed by atoms with van der Waals surface area (Å²) in [4.78, 5) is 24.0. The number of urea groups is 1. The van der Waals surface area contributed by atoms with Gasteiger partial charge in [0, 0.05) is 68.4 Å². The summed E-state index contributed by atoms with van der Waals surface area (Å²) in [5.74, 6) is 3.21. The maximum atomic E-state index is 14.4. The molecule has 3 aliphatic rings. The lowest BCUT2D eigenvalue weighted by molar-refractivity contribution is -0.137. The molecule has 2 atom stereocenters. The summed E-state index contributed by atoms with van der Waals surface area (Å²) in [7, 11) is 3.42. The molecule has 1 aromatic carbocycles. The number of anilines is 1. The molecule has 2 amide bonds. The maximum Gasteiger partial charge on any atom is 0.418 e. The van der Waals surface area contributed by atoms with Gasteiger partial charge in [-0.2, -0.15) is 13.2 Å². The number of hydrogen-bond acceptors (Lipinski definition) is 8. The van der Waals surface area contributed by atoms with Crippen LogP contribution in [0.15, 0.2) is 12.1 Å². The van der Waals surface area contributed by atoms with Crippen molar-refractivity contribution in [2.45, 2.75) is 51.5 Å². The van der Waals surface area contributed by atoms with Gasteiger partial charge in [-0.15, -0.1) is 0 Å². The average Bonchev–Trinajstić information content (AvgIpc) is 3.78. The summed E-state index contributed by atoms with van der Waals surface area (Å²) in [5.41, 5.74) is 5.32. The van der Waals surface area contributed by atoms with Gasteiger partial charge in [-0.25, -0.2) is 14.7 Å². The van der Waals surface area contributed by atoms with E-state index in [1.165, 1.54) is 13.0 Å². The summed E-state index contributed by atoms with van der Waals surface area (Å²) in [5, 5.41) is 16.1. The minimum atomic E-state index is -4.74. The number of nitrogens with zero attached hydrogens (tertiary/aromatic N) is 5. The first-order chi connectivity index (χ1) is 20.7. The van der Waals surface area contributed by atoms with Crippen LogP contribution in [-0.2, 0) is 12.7 Å². The van der Waals surface area contributed by atoms with Crippen molar-refractivity contribution in [1.29, 1.82) is 10.8 Å². The van der Waals surface area contributed by atoms with E-state index < -0.39 is 23.5 Å². The number of fused-ring (bicyclic) bond motifs is 2. The molecule has 2 fully saturated rings. The van der Waals surface area contributed by atoms with Crippen molar-refractivity contribution in [3.63, 3.8) is 0 Å². The first-order valence-corrected chi connectivity index (χ1v) is 14.5. The minimum absolute atomic E-state index is 0.00918. The van der Waals surface area contributed by atoms with Crippen LogP contribution in [0.5, 0.6) is 5.75 Å². The predicted molar refractivity (Wildman–Crippen MR) is 162 cm³/mol.